The van der Waals surface area contributed by atoms with E-state index < -0.39 is 0 Å². The van der Waals surface area contributed by atoms with Gasteiger partial charge in [-0.15, -0.1) is 0 Å². The summed E-state index contributed by atoms with van der Waals surface area (Å²) in [5, 5.41) is 0. The van der Waals surface area contributed by atoms with Crippen LogP contribution in [-0.4, -0.2) is 0 Å². The van der Waals surface area contributed by atoms with Crippen LogP contribution in [0.2, 0.25) is 0 Å². The molecule has 0 saturated heterocycles. The third-order valence-electron chi connectivity index (χ3n) is 2.44. The van der Waals surface area contributed by atoms with Crippen molar-refractivity contribution >= 4 is 0 Å². The fraction of sp³-hybridized carbons (Fsp3) is 0.333. The number of allylic oxidation sites excluding steroid dienone is 10. The lowest BCUT2D eigenvalue weighted by Crippen LogP contribution is -1.79. The lowest BCUT2D eigenvalue weighted by Gasteiger charge is -1.99. The van der Waals surface area contributed by atoms with E-state index in [1.807, 2.05) is 12.2 Å². The van der Waals surface area contributed by atoms with E-state index in [-0.39, 0.29) is 7.43 Å². The Morgan fingerprint density at radius 2 is 1.48 bits per heavy atom. The minimum Gasteiger partial charge on any atom is -0.0991 e. The predicted molar refractivity (Wildman–Crippen MR) is 103 cm³/mol. The van der Waals surface area contributed by atoms with Crippen LogP contribution in [0.25, 0.3) is 0 Å². The predicted octanol–water partition coefficient (Wildman–Crippen LogP) is 7.36. The lowest BCUT2D eigenvalue weighted by molar-refractivity contribution is 0.956. The van der Waals surface area contributed by atoms with Crippen LogP contribution in [0.4, 0.5) is 0 Å². The third kappa shape index (κ3) is 23.7. The molecule has 0 N–H and O–H groups in total. The molecule has 0 nitrogen and oxygen atoms in total. The Hall–Kier alpha value is -1.82. The van der Waals surface area contributed by atoms with Gasteiger partial charge in [-0.3, -0.25) is 0 Å². The van der Waals surface area contributed by atoms with E-state index in [0.29, 0.717) is 0 Å². The SMILES string of the molecule is C.C=C/C=C\C(=C)C/C=C(\C)CCC=C(C)C.C=CC=C. The Morgan fingerprint density at radius 3 is 1.90 bits per heavy atom. The van der Waals surface area contributed by atoms with Crippen molar-refractivity contribution in [2.24, 2.45) is 0 Å². The van der Waals surface area contributed by atoms with Crippen LogP contribution < -0.4 is 0 Å². The van der Waals surface area contributed by atoms with Gasteiger partial charge in [0, 0.05) is 0 Å². The fourth-order valence-corrected chi connectivity index (χ4v) is 1.27. The molecule has 0 aliphatic carbocycles. The molecule has 0 radical (unpaired) electrons. The first-order valence-electron chi connectivity index (χ1n) is 6.97. The standard InChI is InChI=1S/C16H24.C4H6.CH4/c1-6-7-10-15(4)12-13-16(5)11-8-9-14(2)3;1-3-4-2;/h6-7,9-10,13H,1,4,8,11-12H2,2-3,5H3;3-4H,1-2H2;1H4/b10-7-,16-13+;;. The Labute approximate surface area is 133 Å². The summed E-state index contributed by atoms with van der Waals surface area (Å²) in [6, 6.07) is 0. The lowest BCUT2D eigenvalue weighted by atomic mass is 10.1. The topological polar surface area (TPSA) is 0 Å². The highest BCUT2D eigenvalue weighted by atomic mass is 14.0. The van der Waals surface area contributed by atoms with Crippen LogP contribution >= 0.6 is 0 Å². The van der Waals surface area contributed by atoms with Crippen LogP contribution in [0, 0.1) is 0 Å². The average Bonchev–Trinajstić information content (AvgIpc) is 2.42. The smallest absolute Gasteiger partial charge is 0.0101 e. The summed E-state index contributed by atoms with van der Waals surface area (Å²) in [7, 11) is 0. The molecule has 0 heterocycles. The van der Waals surface area contributed by atoms with E-state index >= 15 is 0 Å². The van der Waals surface area contributed by atoms with E-state index in [1.54, 1.807) is 18.2 Å². The summed E-state index contributed by atoms with van der Waals surface area (Å²) in [6.45, 7) is 20.8. The second-order valence-corrected chi connectivity index (χ2v) is 4.80. The Bertz CT molecular complexity index is 376. The maximum absolute atomic E-state index is 3.98. The quantitative estimate of drug-likeness (QED) is 0.323. The molecule has 0 aromatic rings. The van der Waals surface area contributed by atoms with Crippen molar-refractivity contribution in [2.45, 2.75) is 47.5 Å². The first kappa shape index (κ1) is 24.2. The second-order valence-electron chi connectivity index (χ2n) is 4.80. The fourth-order valence-electron chi connectivity index (χ4n) is 1.27. The molecule has 0 bridgehead atoms. The maximum Gasteiger partial charge on any atom is -0.0101 e. The molecule has 0 aliphatic heterocycles. The van der Waals surface area contributed by atoms with Gasteiger partial charge in [0.05, 0.1) is 0 Å². The molecular formula is C21H34. The van der Waals surface area contributed by atoms with E-state index in [0.717, 1.165) is 24.8 Å². The normalized spacial score (nSPS) is 9.76. The highest BCUT2D eigenvalue weighted by Gasteiger charge is 1.90. The van der Waals surface area contributed by atoms with Gasteiger partial charge in [-0.05, 0) is 40.0 Å². The van der Waals surface area contributed by atoms with Gasteiger partial charge in [0.2, 0.25) is 0 Å². The molecule has 0 fully saturated rings. The summed E-state index contributed by atoms with van der Waals surface area (Å²) in [5.74, 6) is 0. The Kier molecular flexibility index (Phi) is 21.0. The van der Waals surface area contributed by atoms with Crippen LogP contribution in [0.5, 0.6) is 0 Å². The van der Waals surface area contributed by atoms with Crippen molar-refractivity contribution in [1.29, 1.82) is 0 Å². The van der Waals surface area contributed by atoms with Crippen molar-refractivity contribution in [3.05, 3.63) is 85.6 Å². The van der Waals surface area contributed by atoms with Crippen LogP contribution in [0.3, 0.4) is 0 Å². The molecule has 0 aliphatic rings. The molecule has 0 saturated carbocycles. The Morgan fingerprint density at radius 1 is 0.905 bits per heavy atom. The monoisotopic (exact) mass is 286 g/mol. The zero-order chi connectivity index (χ0) is 15.8. The molecule has 0 aromatic carbocycles. The summed E-state index contributed by atoms with van der Waals surface area (Å²) in [6.07, 6.45) is 16.7. The van der Waals surface area contributed by atoms with Crippen LogP contribution in [-0.2, 0) is 0 Å². The highest BCUT2D eigenvalue weighted by molar-refractivity contribution is 5.21. The molecule has 0 amide bonds. The van der Waals surface area contributed by atoms with E-state index in [2.05, 4.69) is 59.2 Å². The number of rotatable bonds is 8. The molecule has 0 unspecified atom stereocenters. The number of hydrogen-bond donors (Lipinski definition) is 0. The molecule has 21 heavy (non-hydrogen) atoms. The first-order valence-corrected chi connectivity index (χ1v) is 6.97. The first-order chi connectivity index (χ1) is 9.47. The third-order valence-corrected chi connectivity index (χ3v) is 2.44. The summed E-state index contributed by atoms with van der Waals surface area (Å²) in [4.78, 5) is 0. The Balaban J connectivity index is -0.000000572. The average molecular weight is 287 g/mol. The largest absolute Gasteiger partial charge is 0.0991 e. The van der Waals surface area contributed by atoms with Gasteiger partial charge in [0.1, 0.15) is 0 Å². The van der Waals surface area contributed by atoms with Crippen LogP contribution in [0.15, 0.2) is 85.6 Å². The minimum absolute atomic E-state index is 0. The van der Waals surface area contributed by atoms with Gasteiger partial charge in [0.15, 0.2) is 0 Å². The van der Waals surface area contributed by atoms with Gasteiger partial charge >= 0.3 is 0 Å². The zero-order valence-corrected chi connectivity index (χ0v) is 13.5. The molecule has 118 valence electrons. The minimum atomic E-state index is 0. The van der Waals surface area contributed by atoms with Crippen molar-refractivity contribution in [3.63, 3.8) is 0 Å². The van der Waals surface area contributed by atoms with E-state index in [4.69, 9.17) is 0 Å². The molecular weight excluding hydrogens is 252 g/mol. The van der Waals surface area contributed by atoms with Crippen LogP contribution in [0.1, 0.15) is 47.5 Å². The molecule has 0 rings (SSSR count). The summed E-state index contributed by atoms with van der Waals surface area (Å²) in [5.41, 5.74) is 3.96. The summed E-state index contributed by atoms with van der Waals surface area (Å²) >= 11 is 0. The van der Waals surface area contributed by atoms with Gasteiger partial charge < -0.3 is 0 Å². The number of hydrogen-bond acceptors (Lipinski definition) is 0. The molecule has 0 atom stereocenters. The van der Waals surface area contributed by atoms with Crippen molar-refractivity contribution < 1.29 is 0 Å². The van der Waals surface area contributed by atoms with E-state index in [9.17, 15) is 0 Å². The second kappa shape index (κ2) is 18.2. The zero-order valence-electron chi connectivity index (χ0n) is 13.5. The van der Waals surface area contributed by atoms with Gasteiger partial charge in [-0.2, -0.15) is 0 Å². The van der Waals surface area contributed by atoms with Crippen molar-refractivity contribution in [2.75, 3.05) is 0 Å². The summed E-state index contributed by atoms with van der Waals surface area (Å²) < 4.78 is 0. The highest BCUT2D eigenvalue weighted by Crippen LogP contribution is 2.10. The van der Waals surface area contributed by atoms with Gasteiger partial charge in [-0.25, -0.2) is 0 Å². The molecule has 0 aromatic heterocycles. The van der Waals surface area contributed by atoms with Gasteiger partial charge in [-0.1, -0.05) is 93.0 Å². The maximum atomic E-state index is 3.98. The van der Waals surface area contributed by atoms with E-state index in [1.165, 1.54) is 11.1 Å². The van der Waals surface area contributed by atoms with Crippen molar-refractivity contribution in [1.82, 2.24) is 0 Å². The molecule has 0 spiro atoms. The van der Waals surface area contributed by atoms with Crippen molar-refractivity contribution in [3.8, 4) is 0 Å². The van der Waals surface area contributed by atoms with Gasteiger partial charge in [0.25, 0.3) is 0 Å². The molecule has 0 heteroatoms.